The van der Waals surface area contributed by atoms with Crippen molar-refractivity contribution in [1.29, 1.82) is 0 Å². The molecule has 2 N–H and O–H groups in total. The molecule has 3 aromatic rings. The number of fused-ring (bicyclic) bond motifs is 1. The van der Waals surface area contributed by atoms with Crippen molar-refractivity contribution in [3.63, 3.8) is 0 Å². The summed E-state index contributed by atoms with van der Waals surface area (Å²) < 4.78 is 27.7. The molecule has 1 aromatic carbocycles. The van der Waals surface area contributed by atoms with Crippen LogP contribution in [0.2, 0.25) is 0 Å². The largest absolute Gasteiger partial charge is 0.366 e. The third-order valence-electron chi connectivity index (χ3n) is 5.02. The standard InChI is InChI=1S/C21H25N5O2S/c1-4-29(27,28)25-17-7-5-6-15(10-17)12-22-20-11-19(16-8-9-16)24-21-18(14(2)3)13-23-26(20)21/h4-7,10-11,13-14,16,22,25H,1,8-9,12H2,2-3H3. The normalized spacial score (nSPS) is 14.3. The quantitative estimate of drug-likeness (QED) is 0.579. The van der Waals surface area contributed by atoms with E-state index in [0.29, 0.717) is 24.1 Å². The summed E-state index contributed by atoms with van der Waals surface area (Å²) in [7, 11) is -3.53. The summed E-state index contributed by atoms with van der Waals surface area (Å²) in [5, 5.41) is 8.88. The van der Waals surface area contributed by atoms with Crippen LogP contribution in [0.15, 0.2) is 48.5 Å². The summed E-state index contributed by atoms with van der Waals surface area (Å²) in [6.45, 7) is 8.14. The highest BCUT2D eigenvalue weighted by atomic mass is 32.2. The predicted octanol–water partition coefficient (Wildman–Crippen LogP) is 4.23. The smallest absolute Gasteiger partial charge is 0.254 e. The third-order valence-corrected chi connectivity index (χ3v) is 5.98. The molecule has 2 aromatic heterocycles. The molecule has 8 heteroatoms. The van der Waals surface area contributed by atoms with Gasteiger partial charge in [-0.3, -0.25) is 4.72 Å². The van der Waals surface area contributed by atoms with Crippen LogP contribution in [0, 0.1) is 0 Å². The Morgan fingerprint density at radius 3 is 2.79 bits per heavy atom. The minimum absolute atomic E-state index is 0.344. The molecule has 1 saturated carbocycles. The van der Waals surface area contributed by atoms with E-state index in [1.54, 1.807) is 12.1 Å². The lowest BCUT2D eigenvalue weighted by molar-refractivity contribution is 0.609. The van der Waals surface area contributed by atoms with E-state index in [1.807, 2.05) is 22.8 Å². The fourth-order valence-electron chi connectivity index (χ4n) is 3.26. The Balaban J connectivity index is 1.61. The Kier molecular flexibility index (Phi) is 5.04. The number of nitrogens with zero attached hydrogens (tertiary/aromatic N) is 3. The summed E-state index contributed by atoms with van der Waals surface area (Å²) in [5.74, 6) is 1.77. The highest BCUT2D eigenvalue weighted by Gasteiger charge is 2.27. The second-order valence-electron chi connectivity index (χ2n) is 7.70. The first-order valence-electron chi connectivity index (χ1n) is 9.73. The molecule has 0 atom stereocenters. The molecule has 1 aliphatic carbocycles. The minimum atomic E-state index is -3.53. The number of anilines is 2. The van der Waals surface area contributed by atoms with Crippen molar-refractivity contribution in [3.8, 4) is 0 Å². The topological polar surface area (TPSA) is 88.4 Å². The number of aromatic nitrogens is 3. The number of nitrogens with one attached hydrogen (secondary N) is 2. The lowest BCUT2D eigenvalue weighted by Gasteiger charge is -2.12. The van der Waals surface area contributed by atoms with Crippen LogP contribution in [-0.2, 0) is 16.6 Å². The molecule has 4 rings (SSSR count). The van der Waals surface area contributed by atoms with Gasteiger partial charge in [0, 0.05) is 40.9 Å². The van der Waals surface area contributed by atoms with Gasteiger partial charge in [-0.25, -0.2) is 13.4 Å². The number of hydrogen-bond donors (Lipinski definition) is 2. The molecule has 0 spiro atoms. The van der Waals surface area contributed by atoms with Gasteiger partial charge < -0.3 is 5.32 Å². The maximum absolute atomic E-state index is 11.7. The molecular weight excluding hydrogens is 386 g/mol. The summed E-state index contributed by atoms with van der Waals surface area (Å²) in [6.07, 6.45) is 4.25. The molecule has 0 saturated heterocycles. The van der Waals surface area contributed by atoms with Gasteiger partial charge in [0.05, 0.1) is 6.20 Å². The van der Waals surface area contributed by atoms with Crippen molar-refractivity contribution in [1.82, 2.24) is 14.6 Å². The molecule has 152 valence electrons. The average molecular weight is 412 g/mol. The third kappa shape index (κ3) is 4.27. The zero-order valence-corrected chi connectivity index (χ0v) is 17.4. The molecule has 2 heterocycles. The van der Waals surface area contributed by atoms with Gasteiger partial charge in [0.25, 0.3) is 10.0 Å². The minimum Gasteiger partial charge on any atom is -0.366 e. The first kappa shape index (κ1) is 19.4. The molecule has 0 aliphatic heterocycles. The van der Waals surface area contributed by atoms with Gasteiger partial charge in [0.1, 0.15) is 5.82 Å². The van der Waals surface area contributed by atoms with Gasteiger partial charge in [0.2, 0.25) is 0 Å². The molecule has 0 bridgehead atoms. The number of benzene rings is 1. The maximum Gasteiger partial charge on any atom is 0.254 e. The first-order chi connectivity index (χ1) is 13.9. The lowest BCUT2D eigenvalue weighted by atomic mass is 10.1. The Morgan fingerprint density at radius 1 is 1.31 bits per heavy atom. The van der Waals surface area contributed by atoms with Gasteiger partial charge in [0.15, 0.2) is 5.65 Å². The van der Waals surface area contributed by atoms with E-state index in [9.17, 15) is 8.42 Å². The van der Waals surface area contributed by atoms with E-state index in [4.69, 9.17) is 4.98 Å². The van der Waals surface area contributed by atoms with Crippen molar-refractivity contribution in [2.24, 2.45) is 0 Å². The van der Waals surface area contributed by atoms with Crippen LogP contribution in [-0.4, -0.2) is 23.0 Å². The Bertz CT molecular complexity index is 1160. The van der Waals surface area contributed by atoms with Crippen LogP contribution in [0.4, 0.5) is 11.5 Å². The maximum atomic E-state index is 11.7. The number of rotatable bonds is 8. The molecule has 7 nitrogen and oxygen atoms in total. The Labute approximate surface area is 170 Å². The fourth-order valence-corrected chi connectivity index (χ4v) is 3.80. The molecular formula is C21H25N5O2S. The van der Waals surface area contributed by atoms with E-state index < -0.39 is 10.0 Å². The second kappa shape index (κ2) is 7.51. The van der Waals surface area contributed by atoms with Crippen molar-refractivity contribution in [3.05, 3.63) is 65.3 Å². The lowest BCUT2D eigenvalue weighted by Crippen LogP contribution is -2.10. The highest BCUT2D eigenvalue weighted by Crippen LogP contribution is 2.40. The molecule has 1 aliphatic rings. The Hall–Kier alpha value is -2.87. The number of hydrogen-bond acceptors (Lipinski definition) is 5. The van der Waals surface area contributed by atoms with Crippen LogP contribution in [0.3, 0.4) is 0 Å². The summed E-state index contributed by atoms with van der Waals surface area (Å²) in [5.41, 5.74) is 4.60. The van der Waals surface area contributed by atoms with E-state index in [1.165, 1.54) is 12.8 Å². The van der Waals surface area contributed by atoms with E-state index in [0.717, 1.165) is 33.7 Å². The van der Waals surface area contributed by atoms with Crippen LogP contribution >= 0.6 is 0 Å². The summed E-state index contributed by atoms with van der Waals surface area (Å²) in [6, 6.07) is 9.35. The zero-order chi connectivity index (χ0) is 20.6. The summed E-state index contributed by atoms with van der Waals surface area (Å²) in [4.78, 5) is 4.87. The molecule has 1 fully saturated rings. The van der Waals surface area contributed by atoms with E-state index >= 15 is 0 Å². The monoisotopic (exact) mass is 411 g/mol. The van der Waals surface area contributed by atoms with Crippen molar-refractivity contribution in [2.75, 3.05) is 10.0 Å². The summed E-state index contributed by atoms with van der Waals surface area (Å²) >= 11 is 0. The number of sulfonamides is 1. The van der Waals surface area contributed by atoms with Gasteiger partial charge in [-0.2, -0.15) is 9.61 Å². The first-order valence-corrected chi connectivity index (χ1v) is 11.3. The van der Waals surface area contributed by atoms with Gasteiger partial charge in [-0.1, -0.05) is 32.6 Å². The zero-order valence-electron chi connectivity index (χ0n) is 16.6. The van der Waals surface area contributed by atoms with Crippen molar-refractivity contribution < 1.29 is 8.42 Å². The molecule has 0 radical (unpaired) electrons. The molecule has 29 heavy (non-hydrogen) atoms. The Morgan fingerprint density at radius 2 is 2.10 bits per heavy atom. The fraction of sp³-hybridized carbons (Fsp3) is 0.333. The van der Waals surface area contributed by atoms with E-state index in [2.05, 4.69) is 41.6 Å². The SMILES string of the molecule is C=CS(=O)(=O)Nc1cccc(CNc2cc(C3CC3)nc3c(C(C)C)cnn23)c1. The van der Waals surface area contributed by atoms with Gasteiger partial charge >= 0.3 is 0 Å². The second-order valence-corrected chi connectivity index (χ2v) is 9.33. The van der Waals surface area contributed by atoms with Crippen LogP contribution in [0.5, 0.6) is 0 Å². The van der Waals surface area contributed by atoms with Gasteiger partial charge in [-0.05, 0) is 36.5 Å². The van der Waals surface area contributed by atoms with Crippen molar-refractivity contribution in [2.45, 2.75) is 45.1 Å². The van der Waals surface area contributed by atoms with Crippen LogP contribution in [0.1, 0.15) is 55.3 Å². The van der Waals surface area contributed by atoms with E-state index in [-0.39, 0.29) is 0 Å². The molecule has 0 amide bonds. The molecule has 0 unspecified atom stereocenters. The van der Waals surface area contributed by atoms with Crippen molar-refractivity contribution >= 4 is 27.2 Å². The predicted molar refractivity (Wildman–Crippen MR) is 116 cm³/mol. The van der Waals surface area contributed by atoms with Crippen LogP contribution < -0.4 is 10.0 Å². The average Bonchev–Trinajstić information content (AvgIpc) is 3.44. The highest BCUT2D eigenvalue weighted by molar-refractivity contribution is 7.95. The van der Waals surface area contributed by atoms with Crippen LogP contribution in [0.25, 0.3) is 5.65 Å². The van der Waals surface area contributed by atoms with Gasteiger partial charge in [-0.15, -0.1) is 0 Å².